The van der Waals surface area contributed by atoms with Gasteiger partial charge in [-0.3, -0.25) is 0 Å². The summed E-state index contributed by atoms with van der Waals surface area (Å²) >= 11 is 1.64. The van der Waals surface area contributed by atoms with Crippen molar-refractivity contribution < 1.29 is 5.11 Å². The molecule has 0 saturated carbocycles. The molecular formula is C13H11NOS. The van der Waals surface area contributed by atoms with Crippen molar-refractivity contribution in [3.05, 3.63) is 40.8 Å². The van der Waals surface area contributed by atoms with E-state index >= 15 is 0 Å². The largest absolute Gasteiger partial charge is 0.508 e. The molecule has 1 aromatic heterocycles. The number of aryl methyl sites for hydroxylation is 1. The number of rotatable bonds is 2. The monoisotopic (exact) mass is 229 g/mol. The zero-order chi connectivity index (χ0) is 11.5. The molecule has 0 fully saturated rings. The number of aromatic hydroxyl groups is 1. The maximum atomic E-state index is 9.22. The van der Waals surface area contributed by atoms with Gasteiger partial charge in [-0.2, -0.15) is 5.26 Å². The first-order valence-corrected chi connectivity index (χ1v) is 5.78. The second kappa shape index (κ2) is 4.38. The Labute approximate surface area is 98.4 Å². The molecule has 2 aromatic rings. The van der Waals surface area contributed by atoms with Crippen LogP contribution in [0.2, 0.25) is 0 Å². The zero-order valence-corrected chi connectivity index (χ0v) is 9.71. The Morgan fingerprint density at radius 2 is 2.00 bits per heavy atom. The summed E-state index contributed by atoms with van der Waals surface area (Å²) in [5.41, 5.74) is 2.27. The number of nitrogens with zero attached hydrogens (tertiary/aromatic N) is 1. The Kier molecular flexibility index (Phi) is 2.93. The average molecular weight is 229 g/mol. The van der Waals surface area contributed by atoms with Crippen LogP contribution in [0.1, 0.15) is 10.4 Å². The molecule has 0 amide bonds. The van der Waals surface area contributed by atoms with E-state index in [4.69, 9.17) is 5.26 Å². The SMILES string of the molecule is Cc1cc(CC#N)sc1-c1ccc(O)cc1. The predicted octanol–water partition coefficient (Wildman–Crippen LogP) is 3.50. The molecule has 0 spiro atoms. The summed E-state index contributed by atoms with van der Waals surface area (Å²) in [6, 6.07) is 11.4. The van der Waals surface area contributed by atoms with Crippen LogP contribution in [0.4, 0.5) is 0 Å². The maximum Gasteiger partial charge on any atom is 0.115 e. The number of phenols is 1. The minimum atomic E-state index is 0.273. The van der Waals surface area contributed by atoms with Gasteiger partial charge in [-0.25, -0.2) is 0 Å². The van der Waals surface area contributed by atoms with Gasteiger partial charge < -0.3 is 5.11 Å². The molecule has 2 nitrogen and oxygen atoms in total. The van der Waals surface area contributed by atoms with Crippen LogP contribution >= 0.6 is 11.3 Å². The third-order valence-electron chi connectivity index (χ3n) is 2.35. The number of phenolic OH excluding ortho intramolecular Hbond substituents is 1. The highest BCUT2D eigenvalue weighted by Gasteiger charge is 2.07. The summed E-state index contributed by atoms with van der Waals surface area (Å²) in [7, 11) is 0. The number of benzene rings is 1. The van der Waals surface area contributed by atoms with Crippen molar-refractivity contribution in [1.29, 1.82) is 5.26 Å². The first kappa shape index (κ1) is 10.7. The van der Waals surface area contributed by atoms with E-state index in [9.17, 15) is 5.11 Å². The highest BCUT2D eigenvalue weighted by Crippen LogP contribution is 2.33. The standard InChI is InChI=1S/C13H11NOS/c1-9-8-12(6-7-14)16-13(9)10-2-4-11(15)5-3-10/h2-5,8,15H,6H2,1H3. The lowest BCUT2D eigenvalue weighted by molar-refractivity contribution is 0.475. The minimum absolute atomic E-state index is 0.273. The molecule has 0 aliphatic carbocycles. The predicted molar refractivity (Wildman–Crippen MR) is 65.5 cm³/mol. The number of hydrogen-bond donors (Lipinski definition) is 1. The lowest BCUT2D eigenvalue weighted by Gasteiger charge is -1.99. The summed E-state index contributed by atoms with van der Waals surface area (Å²) in [6.45, 7) is 2.04. The Morgan fingerprint density at radius 1 is 1.31 bits per heavy atom. The van der Waals surface area contributed by atoms with Crippen LogP contribution in [0.15, 0.2) is 30.3 Å². The van der Waals surface area contributed by atoms with Gasteiger partial charge in [-0.15, -0.1) is 11.3 Å². The van der Waals surface area contributed by atoms with Crippen LogP contribution < -0.4 is 0 Å². The molecule has 0 bridgehead atoms. The van der Waals surface area contributed by atoms with Crippen LogP contribution in [-0.2, 0) is 6.42 Å². The van der Waals surface area contributed by atoms with E-state index < -0.39 is 0 Å². The van der Waals surface area contributed by atoms with Crippen molar-refractivity contribution in [3.8, 4) is 22.3 Å². The molecule has 16 heavy (non-hydrogen) atoms. The van der Waals surface area contributed by atoms with Gasteiger partial charge in [0.15, 0.2) is 0 Å². The van der Waals surface area contributed by atoms with Crippen LogP contribution in [0.25, 0.3) is 10.4 Å². The fourth-order valence-electron chi connectivity index (χ4n) is 1.61. The van der Waals surface area contributed by atoms with Gasteiger partial charge in [0.1, 0.15) is 5.75 Å². The van der Waals surface area contributed by atoms with E-state index in [1.807, 2.05) is 19.1 Å². The number of hydrogen-bond acceptors (Lipinski definition) is 3. The van der Waals surface area contributed by atoms with E-state index in [0.29, 0.717) is 6.42 Å². The smallest absolute Gasteiger partial charge is 0.115 e. The van der Waals surface area contributed by atoms with E-state index in [2.05, 4.69) is 12.1 Å². The summed E-state index contributed by atoms with van der Waals surface area (Å²) in [5.74, 6) is 0.273. The topological polar surface area (TPSA) is 44.0 Å². The normalized spacial score (nSPS) is 10.0. The number of thiophene rings is 1. The van der Waals surface area contributed by atoms with Gasteiger partial charge >= 0.3 is 0 Å². The average Bonchev–Trinajstić information content (AvgIpc) is 2.61. The van der Waals surface area contributed by atoms with Crippen molar-refractivity contribution in [1.82, 2.24) is 0 Å². The first-order chi connectivity index (χ1) is 7.70. The van der Waals surface area contributed by atoms with Crippen molar-refractivity contribution in [2.75, 3.05) is 0 Å². The van der Waals surface area contributed by atoms with Gasteiger partial charge in [-0.1, -0.05) is 0 Å². The van der Waals surface area contributed by atoms with Crippen LogP contribution in [0.5, 0.6) is 5.75 Å². The second-order valence-electron chi connectivity index (χ2n) is 3.61. The molecule has 1 aromatic carbocycles. The summed E-state index contributed by atoms with van der Waals surface area (Å²) in [6.07, 6.45) is 0.462. The van der Waals surface area contributed by atoms with Gasteiger partial charge in [0.05, 0.1) is 12.5 Å². The maximum absolute atomic E-state index is 9.22. The van der Waals surface area contributed by atoms with E-state index in [1.54, 1.807) is 23.5 Å². The summed E-state index contributed by atoms with van der Waals surface area (Å²) in [5, 5.41) is 17.9. The van der Waals surface area contributed by atoms with Gasteiger partial charge in [0.2, 0.25) is 0 Å². The third kappa shape index (κ3) is 2.07. The van der Waals surface area contributed by atoms with Crippen LogP contribution in [0.3, 0.4) is 0 Å². The highest BCUT2D eigenvalue weighted by atomic mass is 32.1. The molecule has 0 atom stereocenters. The molecule has 3 heteroatoms. The molecule has 0 aliphatic heterocycles. The highest BCUT2D eigenvalue weighted by molar-refractivity contribution is 7.15. The molecule has 2 rings (SSSR count). The molecule has 1 heterocycles. The van der Waals surface area contributed by atoms with E-state index in [0.717, 1.165) is 10.4 Å². The van der Waals surface area contributed by atoms with E-state index in [1.165, 1.54) is 10.4 Å². The van der Waals surface area contributed by atoms with Gasteiger partial charge in [0, 0.05) is 9.75 Å². The molecular weight excluding hydrogens is 218 g/mol. The third-order valence-corrected chi connectivity index (χ3v) is 3.64. The Morgan fingerprint density at radius 3 is 2.62 bits per heavy atom. The van der Waals surface area contributed by atoms with Crippen molar-refractivity contribution in [2.45, 2.75) is 13.3 Å². The molecule has 0 saturated heterocycles. The van der Waals surface area contributed by atoms with Crippen molar-refractivity contribution in [3.63, 3.8) is 0 Å². The second-order valence-corrected chi connectivity index (χ2v) is 4.74. The summed E-state index contributed by atoms with van der Waals surface area (Å²) in [4.78, 5) is 2.26. The van der Waals surface area contributed by atoms with Crippen LogP contribution in [-0.4, -0.2) is 5.11 Å². The van der Waals surface area contributed by atoms with Gasteiger partial charge in [0.25, 0.3) is 0 Å². The molecule has 0 aliphatic rings. The Bertz CT molecular complexity index is 534. The van der Waals surface area contributed by atoms with Crippen molar-refractivity contribution in [2.24, 2.45) is 0 Å². The molecule has 0 unspecified atom stereocenters. The van der Waals surface area contributed by atoms with E-state index in [-0.39, 0.29) is 5.75 Å². The van der Waals surface area contributed by atoms with Crippen LogP contribution in [0, 0.1) is 18.3 Å². The Hall–Kier alpha value is -1.79. The number of nitriles is 1. The molecule has 1 N–H and O–H groups in total. The molecule has 80 valence electrons. The first-order valence-electron chi connectivity index (χ1n) is 4.96. The fourth-order valence-corrected chi connectivity index (χ4v) is 2.72. The fraction of sp³-hybridized carbons (Fsp3) is 0.154. The van der Waals surface area contributed by atoms with Crippen molar-refractivity contribution >= 4 is 11.3 Å². The van der Waals surface area contributed by atoms with Gasteiger partial charge in [-0.05, 0) is 48.4 Å². The quantitative estimate of drug-likeness (QED) is 0.856. The Balaban J connectivity index is 2.40. The summed E-state index contributed by atoms with van der Waals surface area (Å²) < 4.78 is 0. The lowest BCUT2D eigenvalue weighted by atomic mass is 10.1. The zero-order valence-electron chi connectivity index (χ0n) is 8.90. The molecule has 0 radical (unpaired) electrons. The lowest BCUT2D eigenvalue weighted by Crippen LogP contribution is -1.74. The minimum Gasteiger partial charge on any atom is -0.508 e.